The molecule has 1 N–H and O–H groups in total. The van der Waals surface area contributed by atoms with E-state index in [9.17, 15) is 0 Å². The van der Waals surface area contributed by atoms with Crippen LogP contribution in [0, 0.1) is 13.8 Å². The highest BCUT2D eigenvalue weighted by Gasteiger charge is 2.13. The van der Waals surface area contributed by atoms with E-state index >= 15 is 0 Å². The number of aromatic nitrogens is 1. The molecule has 0 bridgehead atoms. The van der Waals surface area contributed by atoms with Gasteiger partial charge in [0.05, 0.1) is 0 Å². The SMILES string of the molecule is Cc1[nH]c(-c2ccccc2)c(C)c1-c1ccccc1. The monoisotopic (exact) mass is 247 g/mol. The van der Waals surface area contributed by atoms with Crippen molar-refractivity contribution in [3.63, 3.8) is 0 Å². The number of nitrogens with one attached hydrogen (secondary N) is 1. The maximum absolute atomic E-state index is 3.53. The Balaban J connectivity index is 2.17. The maximum atomic E-state index is 3.53. The zero-order valence-corrected chi connectivity index (χ0v) is 11.3. The smallest absolute Gasteiger partial charge is 0.0492 e. The Bertz CT molecular complexity index is 678. The van der Waals surface area contributed by atoms with Gasteiger partial charge in [0.1, 0.15) is 0 Å². The molecule has 94 valence electrons. The third-order valence-electron chi connectivity index (χ3n) is 3.56. The lowest BCUT2D eigenvalue weighted by Gasteiger charge is -2.03. The summed E-state index contributed by atoms with van der Waals surface area (Å²) >= 11 is 0. The average molecular weight is 247 g/mol. The zero-order chi connectivity index (χ0) is 13.2. The summed E-state index contributed by atoms with van der Waals surface area (Å²) in [5.41, 5.74) is 7.59. The molecule has 3 rings (SSSR count). The lowest BCUT2D eigenvalue weighted by molar-refractivity contribution is 1.26. The quantitative estimate of drug-likeness (QED) is 0.658. The Labute approximate surface area is 113 Å². The molecule has 1 heterocycles. The van der Waals surface area contributed by atoms with Crippen LogP contribution in [0.1, 0.15) is 11.3 Å². The van der Waals surface area contributed by atoms with Crippen molar-refractivity contribution in [1.29, 1.82) is 0 Å². The van der Waals surface area contributed by atoms with Crippen molar-refractivity contribution in [3.8, 4) is 22.4 Å². The third-order valence-corrected chi connectivity index (χ3v) is 3.56. The first-order valence-corrected chi connectivity index (χ1v) is 6.57. The van der Waals surface area contributed by atoms with Gasteiger partial charge in [-0.25, -0.2) is 0 Å². The molecule has 0 saturated heterocycles. The van der Waals surface area contributed by atoms with Crippen LogP contribution >= 0.6 is 0 Å². The van der Waals surface area contributed by atoms with E-state index in [2.05, 4.69) is 73.4 Å². The molecule has 0 amide bonds. The highest BCUT2D eigenvalue weighted by atomic mass is 14.7. The predicted octanol–water partition coefficient (Wildman–Crippen LogP) is 4.97. The van der Waals surface area contributed by atoms with Gasteiger partial charge in [0.2, 0.25) is 0 Å². The fourth-order valence-electron chi connectivity index (χ4n) is 2.68. The van der Waals surface area contributed by atoms with E-state index in [1.165, 1.54) is 33.6 Å². The highest BCUT2D eigenvalue weighted by molar-refractivity contribution is 5.79. The van der Waals surface area contributed by atoms with Gasteiger partial charge < -0.3 is 4.98 Å². The first kappa shape index (κ1) is 11.8. The van der Waals surface area contributed by atoms with Gasteiger partial charge in [-0.2, -0.15) is 0 Å². The molecule has 0 aliphatic heterocycles. The van der Waals surface area contributed by atoms with E-state index in [4.69, 9.17) is 0 Å². The standard InChI is InChI=1S/C18H17N/c1-13-17(15-9-5-3-6-10-15)14(2)19-18(13)16-11-7-4-8-12-16/h3-12,19H,1-2H3. The fraction of sp³-hybridized carbons (Fsp3) is 0.111. The molecule has 0 atom stereocenters. The maximum Gasteiger partial charge on any atom is 0.0492 e. The van der Waals surface area contributed by atoms with Gasteiger partial charge >= 0.3 is 0 Å². The Morgan fingerprint density at radius 2 is 1.21 bits per heavy atom. The predicted molar refractivity (Wildman–Crippen MR) is 81.1 cm³/mol. The van der Waals surface area contributed by atoms with Gasteiger partial charge in [0.25, 0.3) is 0 Å². The number of benzene rings is 2. The molecule has 3 aromatic rings. The molecular formula is C18H17N. The first-order valence-electron chi connectivity index (χ1n) is 6.57. The van der Waals surface area contributed by atoms with Crippen LogP contribution in [0.4, 0.5) is 0 Å². The number of hydrogen-bond acceptors (Lipinski definition) is 0. The molecular weight excluding hydrogens is 230 g/mol. The summed E-state index contributed by atoms with van der Waals surface area (Å²) in [5.74, 6) is 0. The van der Waals surface area contributed by atoms with Crippen LogP contribution in [0.2, 0.25) is 0 Å². The number of aromatic amines is 1. The molecule has 0 radical (unpaired) electrons. The van der Waals surface area contributed by atoms with E-state index in [-0.39, 0.29) is 0 Å². The molecule has 0 unspecified atom stereocenters. The topological polar surface area (TPSA) is 15.8 Å². The molecule has 2 aromatic carbocycles. The van der Waals surface area contributed by atoms with Crippen LogP contribution in [0.3, 0.4) is 0 Å². The first-order chi connectivity index (χ1) is 9.27. The van der Waals surface area contributed by atoms with Gasteiger partial charge in [-0.3, -0.25) is 0 Å². The second-order valence-electron chi connectivity index (χ2n) is 4.86. The zero-order valence-electron chi connectivity index (χ0n) is 11.3. The van der Waals surface area contributed by atoms with Crippen molar-refractivity contribution in [1.82, 2.24) is 4.98 Å². The molecule has 1 aromatic heterocycles. The molecule has 0 aliphatic rings. The van der Waals surface area contributed by atoms with E-state index in [0.717, 1.165) is 0 Å². The summed E-state index contributed by atoms with van der Waals surface area (Å²) in [7, 11) is 0. The Hall–Kier alpha value is -2.28. The molecule has 0 aliphatic carbocycles. The Morgan fingerprint density at radius 3 is 1.79 bits per heavy atom. The van der Waals surface area contributed by atoms with E-state index in [0.29, 0.717) is 0 Å². The molecule has 1 heteroatoms. The van der Waals surface area contributed by atoms with E-state index in [1.54, 1.807) is 0 Å². The third kappa shape index (κ3) is 2.08. The summed E-state index contributed by atoms with van der Waals surface area (Å²) in [5, 5.41) is 0. The summed E-state index contributed by atoms with van der Waals surface area (Å²) < 4.78 is 0. The molecule has 1 nitrogen and oxygen atoms in total. The molecule has 19 heavy (non-hydrogen) atoms. The van der Waals surface area contributed by atoms with Crippen LogP contribution in [-0.4, -0.2) is 4.98 Å². The average Bonchev–Trinajstić information content (AvgIpc) is 2.76. The van der Waals surface area contributed by atoms with Crippen LogP contribution in [0.5, 0.6) is 0 Å². The second kappa shape index (κ2) is 4.77. The van der Waals surface area contributed by atoms with Gasteiger partial charge in [0.15, 0.2) is 0 Å². The Morgan fingerprint density at radius 1 is 0.684 bits per heavy atom. The summed E-state index contributed by atoms with van der Waals surface area (Å²) in [6, 6.07) is 21.1. The number of H-pyrrole nitrogens is 1. The Kier molecular flexibility index (Phi) is 2.96. The fourth-order valence-corrected chi connectivity index (χ4v) is 2.68. The van der Waals surface area contributed by atoms with Gasteiger partial charge in [-0.05, 0) is 30.5 Å². The van der Waals surface area contributed by atoms with Gasteiger partial charge in [0, 0.05) is 17.0 Å². The van der Waals surface area contributed by atoms with Crippen LogP contribution in [0.15, 0.2) is 60.7 Å². The molecule has 0 saturated carbocycles. The number of hydrogen-bond donors (Lipinski definition) is 1. The van der Waals surface area contributed by atoms with Crippen LogP contribution < -0.4 is 0 Å². The van der Waals surface area contributed by atoms with Crippen LogP contribution in [-0.2, 0) is 0 Å². The number of aryl methyl sites for hydroxylation is 1. The minimum absolute atomic E-state index is 1.22. The van der Waals surface area contributed by atoms with Gasteiger partial charge in [-0.1, -0.05) is 60.7 Å². The van der Waals surface area contributed by atoms with Crippen molar-refractivity contribution in [3.05, 3.63) is 71.9 Å². The van der Waals surface area contributed by atoms with Gasteiger partial charge in [-0.15, -0.1) is 0 Å². The number of rotatable bonds is 2. The minimum Gasteiger partial charge on any atom is -0.358 e. The second-order valence-corrected chi connectivity index (χ2v) is 4.86. The summed E-state index contributed by atoms with van der Waals surface area (Å²) in [6.07, 6.45) is 0. The largest absolute Gasteiger partial charge is 0.358 e. The summed E-state index contributed by atoms with van der Waals surface area (Å²) in [4.78, 5) is 3.53. The molecule has 0 fully saturated rings. The summed E-state index contributed by atoms with van der Waals surface area (Å²) in [6.45, 7) is 4.33. The van der Waals surface area contributed by atoms with Crippen molar-refractivity contribution in [2.75, 3.05) is 0 Å². The van der Waals surface area contributed by atoms with E-state index in [1.807, 2.05) is 6.07 Å². The van der Waals surface area contributed by atoms with Crippen molar-refractivity contribution in [2.45, 2.75) is 13.8 Å². The van der Waals surface area contributed by atoms with Crippen molar-refractivity contribution < 1.29 is 0 Å². The highest BCUT2D eigenvalue weighted by Crippen LogP contribution is 2.34. The lowest BCUT2D eigenvalue weighted by Crippen LogP contribution is -1.81. The van der Waals surface area contributed by atoms with Crippen molar-refractivity contribution in [2.24, 2.45) is 0 Å². The van der Waals surface area contributed by atoms with Crippen molar-refractivity contribution >= 4 is 0 Å². The normalized spacial score (nSPS) is 10.6. The minimum atomic E-state index is 1.22. The lowest BCUT2D eigenvalue weighted by atomic mass is 9.99. The van der Waals surface area contributed by atoms with E-state index < -0.39 is 0 Å². The van der Waals surface area contributed by atoms with Crippen LogP contribution in [0.25, 0.3) is 22.4 Å². The molecule has 0 spiro atoms.